The second kappa shape index (κ2) is 9.47. The molecule has 156 valence electrons. The van der Waals surface area contributed by atoms with Crippen molar-refractivity contribution < 1.29 is 14.3 Å². The lowest BCUT2D eigenvalue weighted by Gasteiger charge is -2.35. The number of morpholine rings is 1. The van der Waals surface area contributed by atoms with E-state index in [9.17, 15) is 4.79 Å². The first-order valence-electron chi connectivity index (χ1n) is 9.82. The molecule has 3 aromatic rings. The van der Waals surface area contributed by atoms with Crippen LogP contribution < -0.4 is 10.1 Å². The largest absolute Gasteiger partial charge is 0.497 e. The molecule has 1 N–H and O–H groups in total. The van der Waals surface area contributed by atoms with Crippen molar-refractivity contribution >= 4 is 5.91 Å². The fraction of sp³-hybridized carbons (Fsp3) is 0.333. The molecule has 1 aliphatic rings. The van der Waals surface area contributed by atoms with Gasteiger partial charge < -0.3 is 14.8 Å². The van der Waals surface area contributed by atoms with Crippen LogP contribution in [0.2, 0.25) is 0 Å². The van der Waals surface area contributed by atoms with Crippen molar-refractivity contribution in [2.45, 2.75) is 6.04 Å². The Morgan fingerprint density at radius 3 is 2.70 bits per heavy atom. The quantitative estimate of drug-likeness (QED) is 0.633. The Morgan fingerprint density at radius 2 is 2.00 bits per heavy atom. The number of nitrogens with zero attached hydrogens (tertiary/aromatic N) is 5. The molecule has 1 aliphatic heterocycles. The second-order valence-electron chi connectivity index (χ2n) is 6.95. The lowest BCUT2D eigenvalue weighted by Crippen LogP contribution is -2.43. The summed E-state index contributed by atoms with van der Waals surface area (Å²) >= 11 is 0. The van der Waals surface area contributed by atoms with E-state index in [2.05, 4.69) is 25.7 Å². The van der Waals surface area contributed by atoms with Crippen molar-refractivity contribution in [3.05, 3.63) is 66.0 Å². The van der Waals surface area contributed by atoms with Crippen LogP contribution in [-0.2, 0) is 4.74 Å². The topological polar surface area (TPSA) is 94.4 Å². The molecule has 1 atom stereocenters. The first kappa shape index (κ1) is 20.0. The van der Waals surface area contributed by atoms with Crippen LogP contribution in [-0.4, -0.2) is 71.0 Å². The molecule has 30 heavy (non-hydrogen) atoms. The van der Waals surface area contributed by atoms with E-state index in [-0.39, 0.29) is 11.9 Å². The van der Waals surface area contributed by atoms with Gasteiger partial charge in [0.25, 0.3) is 5.91 Å². The average Bonchev–Trinajstić information content (AvgIpc) is 3.35. The van der Waals surface area contributed by atoms with Gasteiger partial charge in [0.15, 0.2) is 0 Å². The van der Waals surface area contributed by atoms with Crippen molar-refractivity contribution in [3.8, 4) is 11.4 Å². The minimum atomic E-state index is -0.142. The predicted molar refractivity (Wildman–Crippen MR) is 110 cm³/mol. The lowest BCUT2D eigenvalue weighted by atomic mass is 10.0. The Balaban J connectivity index is 1.48. The van der Waals surface area contributed by atoms with Crippen LogP contribution in [0.3, 0.4) is 0 Å². The van der Waals surface area contributed by atoms with Crippen LogP contribution in [0.5, 0.6) is 5.75 Å². The smallest absolute Gasteiger partial charge is 0.251 e. The van der Waals surface area contributed by atoms with E-state index in [0.717, 1.165) is 30.1 Å². The van der Waals surface area contributed by atoms with Crippen LogP contribution in [0.1, 0.15) is 22.0 Å². The number of carbonyl (C=O) groups is 1. The highest BCUT2D eigenvalue weighted by atomic mass is 16.5. The molecule has 0 spiro atoms. The van der Waals surface area contributed by atoms with E-state index in [0.29, 0.717) is 25.3 Å². The Hall–Kier alpha value is -3.30. The number of aromatic nitrogens is 4. The molecule has 1 aromatic heterocycles. The molecular weight excluding hydrogens is 384 g/mol. The number of amides is 1. The van der Waals surface area contributed by atoms with Crippen molar-refractivity contribution in [3.63, 3.8) is 0 Å². The Kier molecular flexibility index (Phi) is 6.31. The molecule has 4 rings (SSSR count). The molecule has 1 saturated heterocycles. The Labute approximate surface area is 174 Å². The summed E-state index contributed by atoms with van der Waals surface area (Å²) in [6.07, 6.45) is 1.50. The summed E-state index contributed by atoms with van der Waals surface area (Å²) < 4.78 is 12.3. The second-order valence-corrected chi connectivity index (χ2v) is 6.95. The fourth-order valence-corrected chi connectivity index (χ4v) is 3.53. The van der Waals surface area contributed by atoms with Gasteiger partial charge in [-0.1, -0.05) is 18.2 Å². The fourth-order valence-electron chi connectivity index (χ4n) is 3.53. The summed E-state index contributed by atoms with van der Waals surface area (Å²) in [4.78, 5) is 15.2. The van der Waals surface area contributed by atoms with Gasteiger partial charge in [-0.25, -0.2) is 4.68 Å². The number of tetrazole rings is 1. The summed E-state index contributed by atoms with van der Waals surface area (Å²) in [6.45, 7) is 3.51. The highest BCUT2D eigenvalue weighted by molar-refractivity contribution is 5.94. The monoisotopic (exact) mass is 408 g/mol. The SMILES string of the molecule is COc1ccc(C(CNC(=O)c2cccc(-n3cnnn3)c2)N2CCOCC2)cc1. The van der Waals surface area contributed by atoms with Crippen LogP contribution >= 0.6 is 0 Å². The highest BCUT2D eigenvalue weighted by Gasteiger charge is 2.23. The van der Waals surface area contributed by atoms with Gasteiger partial charge in [0, 0.05) is 25.2 Å². The molecular formula is C21H24N6O3. The van der Waals surface area contributed by atoms with Gasteiger partial charge in [0.1, 0.15) is 12.1 Å². The Morgan fingerprint density at radius 1 is 1.20 bits per heavy atom. The van der Waals surface area contributed by atoms with E-state index >= 15 is 0 Å². The maximum Gasteiger partial charge on any atom is 0.251 e. The molecule has 0 bridgehead atoms. The number of ether oxygens (including phenoxy) is 2. The van der Waals surface area contributed by atoms with E-state index in [1.807, 2.05) is 36.4 Å². The van der Waals surface area contributed by atoms with Gasteiger partial charge in [-0.2, -0.15) is 0 Å². The van der Waals surface area contributed by atoms with Gasteiger partial charge in [-0.15, -0.1) is 5.10 Å². The van der Waals surface area contributed by atoms with E-state index in [1.165, 1.54) is 11.0 Å². The van der Waals surface area contributed by atoms with Gasteiger partial charge in [0.05, 0.1) is 32.1 Å². The van der Waals surface area contributed by atoms with Crippen LogP contribution in [0.15, 0.2) is 54.9 Å². The number of rotatable bonds is 7. The molecule has 1 fully saturated rings. The van der Waals surface area contributed by atoms with Gasteiger partial charge >= 0.3 is 0 Å². The minimum Gasteiger partial charge on any atom is -0.497 e. The average molecular weight is 408 g/mol. The minimum absolute atomic E-state index is 0.0476. The van der Waals surface area contributed by atoms with E-state index in [1.54, 1.807) is 19.2 Å². The maximum absolute atomic E-state index is 12.9. The number of benzene rings is 2. The first-order valence-corrected chi connectivity index (χ1v) is 9.82. The molecule has 2 heterocycles. The third kappa shape index (κ3) is 4.64. The van der Waals surface area contributed by atoms with E-state index in [4.69, 9.17) is 9.47 Å². The maximum atomic E-state index is 12.9. The molecule has 0 radical (unpaired) electrons. The number of carbonyl (C=O) groups excluding carboxylic acids is 1. The van der Waals surface area contributed by atoms with Gasteiger partial charge in [-0.05, 0) is 46.3 Å². The molecule has 0 saturated carbocycles. The van der Waals surface area contributed by atoms with Crippen LogP contribution in [0, 0.1) is 0 Å². The highest BCUT2D eigenvalue weighted by Crippen LogP contribution is 2.24. The first-order chi connectivity index (χ1) is 14.7. The van der Waals surface area contributed by atoms with Crippen molar-refractivity contribution in [2.75, 3.05) is 40.0 Å². The molecule has 9 heteroatoms. The predicted octanol–water partition coefficient (Wildman–Crippen LogP) is 1.47. The van der Waals surface area contributed by atoms with Crippen molar-refractivity contribution in [1.29, 1.82) is 0 Å². The van der Waals surface area contributed by atoms with Crippen molar-refractivity contribution in [2.24, 2.45) is 0 Å². The van der Waals surface area contributed by atoms with Crippen LogP contribution in [0.25, 0.3) is 5.69 Å². The molecule has 1 unspecified atom stereocenters. The number of methoxy groups -OCH3 is 1. The van der Waals surface area contributed by atoms with E-state index < -0.39 is 0 Å². The summed E-state index contributed by atoms with van der Waals surface area (Å²) in [6, 6.07) is 15.2. The number of nitrogens with one attached hydrogen (secondary N) is 1. The summed E-state index contributed by atoms with van der Waals surface area (Å²) in [5, 5.41) is 14.2. The van der Waals surface area contributed by atoms with Gasteiger partial charge in [-0.3, -0.25) is 9.69 Å². The third-order valence-electron chi connectivity index (χ3n) is 5.16. The zero-order valence-electron chi connectivity index (χ0n) is 16.8. The van der Waals surface area contributed by atoms with Crippen molar-refractivity contribution in [1.82, 2.24) is 30.4 Å². The lowest BCUT2D eigenvalue weighted by molar-refractivity contribution is 0.0162. The summed E-state index contributed by atoms with van der Waals surface area (Å²) in [7, 11) is 1.65. The normalized spacial score (nSPS) is 15.5. The summed E-state index contributed by atoms with van der Waals surface area (Å²) in [5.41, 5.74) is 2.41. The number of hydrogen-bond acceptors (Lipinski definition) is 7. The number of hydrogen-bond donors (Lipinski definition) is 1. The summed E-state index contributed by atoms with van der Waals surface area (Å²) in [5.74, 6) is 0.666. The third-order valence-corrected chi connectivity index (χ3v) is 5.16. The zero-order valence-corrected chi connectivity index (χ0v) is 16.8. The molecule has 2 aromatic carbocycles. The molecule has 1 amide bonds. The molecule has 9 nitrogen and oxygen atoms in total. The standard InChI is InChI=1S/C21H24N6O3/c1-29-19-7-5-16(6-8-19)20(26-9-11-30-12-10-26)14-22-21(28)17-3-2-4-18(13-17)27-15-23-24-25-27/h2-8,13,15,20H,9-12,14H2,1H3,(H,22,28). The Bertz CT molecular complexity index is 955. The molecule has 0 aliphatic carbocycles. The van der Waals surface area contributed by atoms with Gasteiger partial charge in [0.2, 0.25) is 0 Å². The van der Waals surface area contributed by atoms with Crippen LogP contribution in [0.4, 0.5) is 0 Å². The zero-order chi connectivity index (χ0) is 20.8.